The van der Waals surface area contributed by atoms with Crippen LogP contribution in [-0.2, 0) is 6.42 Å². The number of benzene rings is 1. The first-order valence-electron chi connectivity index (χ1n) is 7.44. The summed E-state index contributed by atoms with van der Waals surface area (Å²) in [6, 6.07) is 8.64. The van der Waals surface area contributed by atoms with Crippen molar-refractivity contribution in [1.29, 1.82) is 0 Å². The molecule has 1 aromatic carbocycles. The first-order chi connectivity index (χ1) is 9.70. The fraction of sp³-hybridized carbons (Fsp3) is 0.471. The van der Waals surface area contributed by atoms with Crippen molar-refractivity contribution in [2.75, 3.05) is 13.1 Å². The second kappa shape index (κ2) is 7.55. The summed E-state index contributed by atoms with van der Waals surface area (Å²) in [6.07, 6.45) is 3.54. The van der Waals surface area contributed by atoms with Crippen LogP contribution >= 0.6 is 11.3 Å². The molecule has 0 atom stereocenters. The third kappa shape index (κ3) is 4.15. The Balaban J connectivity index is 1.97. The summed E-state index contributed by atoms with van der Waals surface area (Å²) in [5.74, 6) is 0. The lowest BCUT2D eigenvalue weighted by Gasteiger charge is -2.01. The lowest BCUT2D eigenvalue weighted by molar-refractivity contribution is 0.639. The van der Waals surface area contributed by atoms with E-state index in [-0.39, 0.29) is 0 Å². The third-order valence-corrected chi connectivity index (χ3v) is 4.42. The number of aromatic nitrogens is 1. The lowest BCUT2D eigenvalue weighted by atomic mass is 10.1. The topological polar surface area (TPSA) is 24.9 Å². The summed E-state index contributed by atoms with van der Waals surface area (Å²) >= 11 is 1.83. The SMILES string of the molecule is CCCCNCCc1nc(-c2ccc(C)cc2)c(C)s1. The van der Waals surface area contributed by atoms with E-state index in [9.17, 15) is 0 Å². The van der Waals surface area contributed by atoms with E-state index in [1.807, 2.05) is 11.3 Å². The maximum atomic E-state index is 4.81. The Morgan fingerprint density at radius 2 is 1.85 bits per heavy atom. The molecule has 1 aromatic heterocycles. The van der Waals surface area contributed by atoms with Crippen molar-refractivity contribution in [3.8, 4) is 11.3 Å². The predicted molar refractivity (Wildman–Crippen MR) is 88.5 cm³/mol. The molecule has 3 heteroatoms. The van der Waals surface area contributed by atoms with Crippen LogP contribution in [0.15, 0.2) is 24.3 Å². The molecule has 0 saturated heterocycles. The van der Waals surface area contributed by atoms with Crippen LogP contribution in [0.5, 0.6) is 0 Å². The second-order valence-corrected chi connectivity index (χ2v) is 6.52. The number of unbranched alkanes of at least 4 members (excludes halogenated alkanes) is 1. The molecule has 0 saturated carbocycles. The van der Waals surface area contributed by atoms with E-state index in [0.29, 0.717) is 0 Å². The van der Waals surface area contributed by atoms with Gasteiger partial charge in [-0.2, -0.15) is 0 Å². The molecule has 2 nitrogen and oxygen atoms in total. The summed E-state index contributed by atoms with van der Waals surface area (Å²) in [6.45, 7) is 8.65. The molecule has 1 heterocycles. The van der Waals surface area contributed by atoms with Crippen LogP contribution in [0, 0.1) is 13.8 Å². The third-order valence-electron chi connectivity index (χ3n) is 3.39. The van der Waals surface area contributed by atoms with Crippen molar-refractivity contribution in [3.63, 3.8) is 0 Å². The highest BCUT2D eigenvalue weighted by Gasteiger charge is 2.09. The van der Waals surface area contributed by atoms with Crippen LogP contribution in [-0.4, -0.2) is 18.1 Å². The van der Waals surface area contributed by atoms with E-state index < -0.39 is 0 Å². The average Bonchev–Trinajstić information content (AvgIpc) is 2.81. The highest BCUT2D eigenvalue weighted by atomic mass is 32.1. The highest BCUT2D eigenvalue weighted by molar-refractivity contribution is 7.12. The van der Waals surface area contributed by atoms with E-state index in [2.05, 4.69) is 50.4 Å². The summed E-state index contributed by atoms with van der Waals surface area (Å²) in [7, 11) is 0. The molecule has 108 valence electrons. The van der Waals surface area contributed by atoms with Gasteiger partial charge in [-0.15, -0.1) is 11.3 Å². The lowest BCUT2D eigenvalue weighted by Crippen LogP contribution is -2.18. The Morgan fingerprint density at radius 1 is 1.10 bits per heavy atom. The van der Waals surface area contributed by atoms with Gasteiger partial charge in [0.1, 0.15) is 0 Å². The van der Waals surface area contributed by atoms with Crippen molar-refractivity contribution in [2.24, 2.45) is 0 Å². The smallest absolute Gasteiger partial charge is 0.0948 e. The number of thiazole rings is 1. The summed E-state index contributed by atoms with van der Waals surface area (Å²) in [5.41, 5.74) is 3.68. The molecule has 0 aliphatic heterocycles. The fourth-order valence-corrected chi connectivity index (χ4v) is 3.11. The molecule has 0 aliphatic rings. The van der Waals surface area contributed by atoms with Gasteiger partial charge in [0, 0.05) is 23.4 Å². The molecule has 2 rings (SSSR count). The van der Waals surface area contributed by atoms with Gasteiger partial charge >= 0.3 is 0 Å². The van der Waals surface area contributed by atoms with E-state index >= 15 is 0 Å². The minimum atomic E-state index is 1.03. The van der Waals surface area contributed by atoms with Gasteiger partial charge in [-0.25, -0.2) is 4.98 Å². The first kappa shape index (κ1) is 15.2. The highest BCUT2D eigenvalue weighted by Crippen LogP contribution is 2.27. The largest absolute Gasteiger partial charge is 0.316 e. The van der Waals surface area contributed by atoms with Crippen molar-refractivity contribution in [3.05, 3.63) is 39.7 Å². The fourth-order valence-electron chi connectivity index (χ4n) is 2.16. The van der Waals surface area contributed by atoms with Crippen molar-refractivity contribution >= 4 is 11.3 Å². The zero-order valence-electron chi connectivity index (χ0n) is 12.7. The molecule has 0 unspecified atom stereocenters. The number of aryl methyl sites for hydroxylation is 2. The van der Waals surface area contributed by atoms with Crippen LogP contribution in [0.25, 0.3) is 11.3 Å². The van der Waals surface area contributed by atoms with Gasteiger partial charge in [0.05, 0.1) is 10.7 Å². The van der Waals surface area contributed by atoms with Gasteiger partial charge in [-0.05, 0) is 26.8 Å². The van der Waals surface area contributed by atoms with Crippen molar-refractivity contribution in [2.45, 2.75) is 40.0 Å². The minimum Gasteiger partial charge on any atom is -0.316 e. The number of hydrogen-bond donors (Lipinski definition) is 1. The minimum absolute atomic E-state index is 1.03. The molecule has 20 heavy (non-hydrogen) atoms. The molecular formula is C17H24N2S. The molecule has 2 aromatic rings. The molecule has 0 radical (unpaired) electrons. The number of nitrogens with one attached hydrogen (secondary N) is 1. The van der Waals surface area contributed by atoms with Gasteiger partial charge < -0.3 is 5.32 Å². The van der Waals surface area contributed by atoms with Gasteiger partial charge in [-0.3, -0.25) is 0 Å². The predicted octanol–water partition coefficient (Wildman–Crippen LogP) is 4.36. The van der Waals surface area contributed by atoms with Gasteiger partial charge in [0.15, 0.2) is 0 Å². The van der Waals surface area contributed by atoms with Gasteiger partial charge in [-0.1, -0.05) is 43.2 Å². The zero-order chi connectivity index (χ0) is 14.4. The van der Waals surface area contributed by atoms with E-state index in [4.69, 9.17) is 4.98 Å². The molecule has 0 aliphatic carbocycles. The molecule has 0 fully saturated rings. The van der Waals surface area contributed by atoms with Crippen molar-refractivity contribution < 1.29 is 0 Å². The Morgan fingerprint density at radius 3 is 2.55 bits per heavy atom. The number of nitrogens with zero attached hydrogens (tertiary/aromatic N) is 1. The van der Waals surface area contributed by atoms with E-state index in [0.717, 1.165) is 25.2 Å². The molecule has 0 amide bonds. The molecule has 0 spiro atoms. The van der Waals surface area contributed by atoms with E-state index in [1.165, 1.54) is 33.9 Å². The Kier molecular flexibility index (Phi) is 5.74. The van der Waals surface area contributed by atoms with Crippen LogP contribution < -0.4 is 5.32 Å². The van der Waals surface area contributed by atoms with Crippen LogP contribution in [0.4, 0.5) is 0 Å². The van der Waals surface area contributed by atoms with Crippen LogP contribution in [0.1, 0.15) is 35.2 Å². The Hall–Kier alpha value is -1.19. The van der Waals surface area contributed by atoms with Gasteiger partial charge in [0.2, 0.25) is 0 Å². The second-order valence-electron chi connectivity index (χ2n) is 5.23. The Bertz CT molecular complexity index is 528. The molecule has 0 bridgehead atoms. The van der Waals surface area contributed by atoms with Crippen molar-refractivity contribution in [1.82, 2.24) is 10.3 Å². The monoisotopic (exact) mass is 288 g/mol. The summed E-state index contributed by atoms with van der Waals surface area (Å²) in [5, 5.41) is 4.72. The number of rotatable bonds is 7. The summed E-state index contributed by atoms with van der Waals surface area (Å²) in [4.78, 5) is 6.12. The van der Waals surface area contributed by atoms with Crippen LogP contribution in [0.2, 0.25) is 0 Å². The average molecular weight is 288 g/mol. The Labute approximate surface area is 126 Å². The zero-order valence-corrected chi connectivity index (χ0v) is 13.5. The van der Waals surface area contributed by atoms with E-state index in [1.54, 1.807) is 0 Å². The molecular weight excluding hydrogens is 264 g/mol. The summed E-state index contributed by atoms with van der Waals surface area (Å²) < 4.78 is 0. The standard InChI is InChI=1S/C17H24N2S/c1-4-5-11-18-12-10-16-19-17(14(3)20-16)15-8-6-13(2)7-9-15/h6-9,18H,4-5,10-12H2,1-3H3. The van der Waals surface area contributed by atoms with Gasteiger partial charge in [0.25, 0.3) is 0 Å². The normalized spacial score (nSPS) is 10.9. The first-order valence-corrected chi connectivity index (χ1v) is 8.26. The van der Waals surface area contributed by atoms with Crippen LogP contribution in [0.3, 0.4) is 0 Å². The molecule has 1 N–H and O–H groups in total. The maximum absolute atomic E-state index is 4.81. The number of hydrogen-bond acceptors (Lipinski definition) is 3. The maximum Gasteiger partial charge on any atom is 0.0948 e. The quantitative estimate of drug-likeness (QED) is 0.766.